The van der Waals surface area contributed by atoms with Gasteiger partial charge < -0.3 is 10.4 Å². The Balaban J connectivity index is 1.59. The maximum atomic E-state index is 14.0. The van der Waals surface area contributed by atoms with Gasteiger partial charge in [-0.05, 0) is 56.4 Å². The van der Waals surface area contributed by atoms with E-state index in [1.807, 2.05) is 19.1 Å². The van der Waals surface area contributed by atoms with Crippen molar-refractivity contribution in [2.24, 2.45) is 4.40 Å². The van der Waals surface area contributed by atoms with Gasteiger partial charge in [0, 0.05) is 5.56 Å². The normalized spacial score (nSPS) is 23.5. The Bertz CT molecular complexity index is 1490. The highest BCUT2D eigenvalue weighted by Crippen LogP contribution is 2.57. The third-order valence-corrected chi connectivity index (χ3v) is 8.80. The summed E-state index contributed by atoms with van der Waals surface area (Å²) in [5.41, 5.74) is 1.76. The van der Waals surface area contributed by atoms with E-state index in [-0.39, 0.29) is 39.2 Å². The summed E-state index contributed by atoms with van der Waals surface area (Å²) < 4.78 is 51.3. The van der Waals surface area contributed by atoms with Gasteiger partial charge in [-0.15, -0.1) is 4.40 Å². The van der Waals surface area contributed by atoms with Crippen LogP contribution in [-0.2, 0) is 20.2 Å². The van der Waals surface area contributed by atoms with E-state index in [0.29, 0.717) is 17.5 Å². The minimum atomic E-state index is -3.82. The third-order valence-electron chi connectivity index (χ3n) is 6.82. The Hall–Kier alpha value is -3.12. The van der Waals surface area contributed by atoms with E-state index in [1.165, 1.54) is 23.8 Å². The van der Waals surface area contributed by atoms with E-state index >= 15 is 0 Å². The first-order valence-corrected chi connectivity index (χ1v) is 14.8. The molecule has 0 radical (unpaired) electrons. The van der Waals surface area contributed by atoms with Crippen LogP contribution in [0.5, 0.6) is 0 Å². The number of nitrogens with one attached hydrogen (secondary N) is 2. The maximum Gasteiger partial charge on any atom is 0.229 e. The van der Waals surface area contributed by atoms with Gasteiger partial charge >= 0.3 is 0 Å². The summed E-state index contributed by atoms with van der Waals surface area (Å²) in [6, 6.07) is 11.3. The van der Waals surface area contributed by atoms with E-state index in [2.05, 4.69) is 20.5 Å². The topological polar surface area (TPSA) is 148 Å². The van der Waals surface area contributed by atoms with Gasteiger partial charge in [0.15, 0.2) is 11.6 Å². The van der Waals surface area contributed by atoms with Crippen LogP contribution in [0.15, 0.2) is 69.0 Å². The Morgan fingerprint density at radius 2 is 1.92 bits per heavy atom. The predicted molar refractivity (Wildman–Crippen MR) is 142 cm³/mol. The second-order valence-corrected chi connectivity index (χ2v) is 12.9. The number of anilines is 2. The number of rotatable bonds is 5. The molecule has 0 aromatic heterocycles. The molecule has 1 saturated carbocycles. The molecule has 3 aliphatic rings. The Morgan fingerprint density at radius 3 is 2.58 bits per heavy atom. The number of carbonyl (C=O) groups excluding carboxylic acids is 1. The van der Waals surface area contributed by atoms with Gasteiger partial charge in [0.05, 0.1) is 23.0 Å². The Morgan fingerprint density at radius 1 is 1.19 bits per heavy atom. The number of hydrogen-bond acceptors (Lipinski definition) is 8. The highest BCUT2D eigenvalue weighted by Gasteiger charge is 2.46. The molecule has 11 heteroatoms. The molecule has 0 spiro atoms. The van der Waals surface area contributed by atoms with E-state index in [4.69, 9.17) is 0 Å². The number of carbonyl (C=O) groups is 1. The quantitative estimate of drug-likeness (QED) is 0.334. The first kappa shape index (κ1) is 24.6. The summed E-state index contributed by atoms with van der Waals surface area (Å²) in [6.07, 6.45) is 6.68. The molecule has 2 aromatic rings. The SMILES string of the molecule is CC1(CC=C2CCC2)C(=O)C(C2=NS(O)(O)c3cc(NS(C)(=O)=O)ccc3N2)=C(O)c2ccccc21. The number of hydrogen-bond donors (Lipinski definition) is 5. The number of benzene rings is 2. The van der Waals surface area contributed by atoms with Gasteiger partial charge in [-0.1, -0.05) is 46.7 Å². The van der Waals surface area contributed by atoms with Crippen LogP contribution in [-0.4, -0.2) is 40.5 Å². The first-order chi connectivity index (χ1) is 16.9. The van der Waals surface area contributed by atoms with Crippen molar-refractivity contribution in [3.8, 4) is 0 Å². The van der Waals surface area contributed by atoms with E-state index < -0.39 is 26.2 Å². The average Bonchev–Trinajstić information content (AvgIpc) is 2.76. The number of Topliss-reactive ketones (excluding diaryl/α,β-unsaturated/α-hetero) is 1. The fourth-order valence-electron chi connectivity index (χ4n) is 4.73. The van der Waals surface area contributed by atoms with Crippen molar-refractivity contribution in [3.63, 3.8) is 0 Å². The monoisotopic (exact) mass is 529 g/mol. The van der Waals surface area contributed by atoms with Gasteiger partial charge in [-0.25, -0.2) is 8.42 Å². The first-order valence-electron chi connectivity index (χ1n) is 11.4. The van der Waals surface area contributed by atoms with Crippen molar-refractivity contribution in [1.29, 1.82) is 0 Å². The fourth-order valence-corrected chi connectivity index (χ4v) is 6.48. The van der Waals surface area contributed by atoms with E-state index in [1.54, 1.807) is 12.1 Å². The molecule has 9 nitrogen and oxygen atoms in total. The highest BCUT2D eigenvalue weighted by molar-refractivity contribution is 8.23. The summed E-state index contributed by atoms with van der Waals surface area (Å²) >= 11 is 0. The third kappa shape index (κ3) is 4.21. The molecule has 1 aliphatic heterocycles. The second-order valence-electron chi connectivity index (χ2n) is 9.52. The molecule has 5 rings (SSSR count). The number of sulfonamides is 1. The van der Waals surface area contributed by atoms with Crippen LogP contribution in [0.3, 0.4) is 0 Å². The molecule has 5 N–H and O–H groups in total. The molecule has 2 aliphatic carbocycles. The standard InChI is InChI=1S/C25H27N3O6S2/c1-25(13-12-15-6-5-7-15)18-9-4-3-8-17(18)22(29)21(23(25)30)24-26-19-11-10-16(27-35(2,31)32)14-20(19)36(33,34)28-24/h3-4,8-12,14,27,29,33-34H,5-7,13H2,1-2H3,(H,26,28). The molecule has 1 atom stereocenters. The highest BCUT2D eigenvalue weighted by atomic mass is 32.3. The van der Waals surface area contributed by atoms with E-state index in [9.17, 15) is 27.4 Å². The van der Waals surface area contributed by atoms with Gasteiger partial charge in [0.25, 0.3) is 0 Å². The number of nitrogens with zero attached hydrogens (tertiary/aromatic N) is 1. The van der Waals surface area contributed by atoms with Crippen LogP contribution in [0, 0.1) is 0 Å². The molecular formula is C25H27N3O6S2. The van der Waals surface area contributed by atoms with E-state index in [0.717, 1.165) is 25.5 Å². The van der Waals surface area contributed by atoms with Crippen LogP contribution in [0.25, 0.3) is 5.76 Å². The van der Waals surface area contributed by atoms with Crippen LogP contribution in [0.4, 0.5) is 11.4 Å². The maximum absolute atomic E-state index is 14.0. The minimum Gasteiger partial charge on any atom is -0.506 e. The van der Waals surface area contributed by atoms with Crippen LogP contribution in [0.2, 0.25) is 0 Å². The number of allylic oxidation sites excluding steroid dienone is 2. The molecule has 1 fully saturated rings. The average molecular weight is 530 g/mol. The van der Waals surface area contributed by atoms with Crippen LogP contribution in [0.1, 0.15) is 43.7 Å². The Kier molecular flexibility index (Phi) is 5.79. The lowest BCUT2D eigenvalue weighted by atomic mass is 9.67. The fraction of sp³-hybridized carbons (Fsp3) is 0.280. The molecule has 0 bridgehead atoms. The molecule has 2 aromatic carbocycles. The van der Waals surface area contributed by atoms with Crippen molar-refractivity contribution >= 4 is 49.6 Å². The van der Waals surface area contributed by atoms with Crippen molar-refractivity contribution in [2.75, 3.05) is 16.3 Å². The predicted octanol–water partition coefficient (Wildman–Crippen LogP) is 5.22. The number of aliphatic hydroxyl groups is 1. The molecule has 0 amide bonds. The lowest BCUT2D eigenvalue weighted by Crippen LogP contribution is -2.42. The van der Waals surface area contributed by atoms with Crippen molar-refractivity contribution in [1.82, 2.24) is 0 Å². The van der Waals surface area contributed by atoms with Crippen LogP contribution < -0.4 is 10.0 Å². The van der Waals surface area contributed by atoms with Gasteiger partial charge in [-0.2, -0.15) is 0 Å². The molecule has 190 valence electrons. The number of aliphatic hydroxyl groups excluding tert-OH is 1. The van der Waals surface area contributed by atoms with Crippen molar-refractivity contribution in [2.45, 2.75) is 42.9 Å². The summed E-state index contributed by atoms with van der Waals surface area (Å²) in [5, 5.41) is 14.1. The lowest BCUT2D eigenvalue weighted by molar-refractivity contribution is -0.120. The lowest BCUT2D eigenvalue weighted by Gasteiger charge is -2.38. The van der Waals surface area contributed by atoms with Gasteiger partial charge in [0.2, 0.25) is 10.0 Å². The molecule has 36 heavy (non-hydrogen) atoms. The number of amidine groups is 1. The number of fused-ring (bicyclic) bond motifs is 2. The Labute approximate surface area is 211 Å². The van der Waals surface area contributed by atoms with Crippen molar-refractivity contribution < 1.29 is 27.4 Å². The molecule has 0 saturated heterocycles. The van der Waals surface area contributed by atoms with Gasteiger partial charge in [-0.3, -0.25) is 18.6 Å². The zero-order valence-corrected chi connectivity index (χ0v) is 21.4. The number of ketones is 1. The molecule has 1 unspecified atom stereocenters. The molecule has 1 heterocycles. The summed E-state index contributed by atoms with van der Waals surface area (Å²) in [6.45, 7) is 1.83. The smallest absolute Gasteiger partial charge is 0.229 e. The zero-order valence-electron chi connectivity index (χ0n) is 19.8. The van der Waals surface area contributed by atoms with Crippen LogP contribution >= 0.6 is 10.8 Å². The summed E-state index contributed by atoms with van der Waals surface area (Å²) in [4.78, 5) is 13.9. The molecular weight excluding hydrogens is 502 g/mol. The largest absolute Gasteiger partial charge is 0.506 e. The summed E-state index contributed by atoms with van der Waals surface area (Å²) in [5.74, 6) is -0.814. The van der Waals surface area contributed by atoms with Gasteiger partial charge in [0.1, 0.15) is 16.2 Å². The summed E-state index contributed by atoms with van der Waals surface area (Å²) in [7, 11) is -7.40. The second kappa shape index (κ2) is 8.48. The van der Waals surface area contributed by atoms with Crippen molar-refractivity contribution in [3.05, 3.63) is 70.8 Å². The minimum absolute atomic E-state index is 0.0267. The zero-order chi connectivity index (χ0) is 25.9.